The van der Waals surface area contributed by atoms with Crippen molar-refractivity contribution in [1.29, 1.82) is 0 Å². The van der Waals surface area contributed by atoms with Gasteiger partial charge in [-0.15, -0.1) is 11.8 Å². The number of hydrogen-bond donors (Lipinski definition) is 3. The Hall–Kier alpha value is -1.78. The molecular weight excluding hydrogens is 393 g/mol. The van der Waals surface area contributed by atoms with E-state index in [-0.39, 0.29) is 41.0 Å². The van der Waals surface area contributed by atoms with Crippen molar-refractivity contribution >= 4 is 29.5 Å². The van der Waals surface area contributed by atoms with E-state index in [9.17, 15) is 24.6 Å². The van der Waals surface area contributed by atoms with E-state index >= 15 is 0 Å². The summed E-state index contributed by atoms with van der Waals surface area (Å²) < 4.78 is 0. The van der Waals surface area contributed by atoms with Crippen molar-refractivity contribution in [3.8, 4) is 5.75 Å². The van der Waals surface area contributed by atoms with Crippen LogP contribution in [0.3, 0.4) is 0 Å². The molecule has 1 aromatic rings. The van der Waals surface area contributed by atoms with Crippen molar-refractivity contribution in [1.82, 2.24) is 10.2 Å². The van der Waals surface area contributed by atoms with Crippen LogP contribution in [0.15, 0.2) is 47.7 Å². The van der Waals surface area contributed by atoms with E-state index in [4.69, 9.17) is 5.73 Å². The van der Waals surface area contributed by atoms with Crippen molar-refractivity contribution in [3.63, 3.8) is 0 Å². The van der Waals surface area contributed by atoms with Gasteiger partial charge in [0.1, 0.15) is 23.2 Å². The normalized spacial score (nSPS) is 22.2. The van der Waals surface area contributed by atoms with Gasteiger partial charge in [-0.2, -0.15) is 0 Å². The summed E-state index contributed by atoms with van der Waals surface area (Å²) in [5.74, 6) is -2.06. The minimum Gasteiger partial charge on any atom is -0.543 e. The maximum absolute atomic E-state index is 12.5. The van der Waals surface area contributed by atoms with E-state index in [1.807, 2.05) is 0 Å². The molecule has 3 rings (SSSR count). The average Bonchev–Trinajstić information content (AvgIpc) is 2.65. The third-order valence-electron chi connectivity index (χ3n) is 4.39. The number of thioether (sulfide) groups is 1. The van der Waals surface area contributed by atoms with Crippen molar-refractivity contribution in [2.45, 2.75) is 24.4 Å². The number of nitrogens with one attached hydrogen (secondary N) is 1. The predicted octanol–water partition coefficient (Wildman–Crippen LogP) is -3.62. The van der Waals surface area contributed by atoms with Crippen LogP contribution < -0.4 is 45.7 Å². The van der Waals surface area contributed by atoms with E-state index < -0.39 is 35.2 Å². The van der Waals surface area contributed by atoms with Crippen molar-refractivity contribution < 1.29 is 54.2 Å². The molecule has 142 valence electrons. The second-order valence-electron chi connectivity index (χ2n) is 6.13. The molecular formula is C18H18N3NaO5S. The second kappa shape index (κ2) is 9.15. The molecule has 1 fully saturated rings. The average molecular weight is 411 g/mol. The number of fused-ring (bicyclic) bond motifs is 1. The van der Waals surface area contributed by atoms with Crippen LogP contribution in [-0.4, -0.2) is 45.0 Å². The molecule has 1 aromatic carbocycles. The number of carboxylic acids is 1. The van der Waals surface area contributed by atoms with Crippen molar-refractivity contribution in [2.75, 3.05) is 5.75 Å². The fraction of sp³-hybridized carbons (Fsp3) is 0.278. The molecule has 2 aliphatic heterocycles. The van der Waals surface area contributed by atoms with Gasteiger partial charge in [0, 0.05) is 5.75 Å². The molecule has 2 aliphatic rings. The predicted molar refractivity (Wildman–Crippen MR) is 96.9 cm³/mol. The third-order valence-corrected chi connectivity index (χ3v) is 5.69. The number of hydrogen-bond acceptors (Lipinski definition) is 7. The van der Waals surface area contributed by atoms with Gasteiger partial charge in [-0.25, -0.2) is 0 Å². The van der Waals surface area contributed by atoms with Gasteiger partial charge in [0.2, 0.25) is 5.91 Å². The summed E-state index contributed by atoms with van der Waals surface area (Å²) in [6.07, 6.45) is 3.33. The fourth-order valence-corrected chi connectivity index (χ4v) is 4.36. The Labute approximate surface area is 188 Å². The molecule has 2 amide bonds. The van der Waals surface area contributed by atoms with E-state index in [0.29, 0.717) is 16.9 Å². The number of allylic oxidation sites excluding steroid dienone is 2. The smallest absolute Gasteiger partial charge is 0.543 e. The Morgan fingerprint density at radius 1 is 1.39 bits per heavy atom. The van der Waals surface area contributed by atoms with Crippen LogP contribution in [0.5, 0.6) is 5.75 Å². The van der Waals surface area contributed by atoms with Crippen LogP contribution in [-0.2, 0) is 14.4 Å². The first-order valence-electron chi connectivity index (χ1n) is 8.22. The number of rotatable bonds is 5. The van der Waals surface area contributed by atoms with Crippen molar-refractivity contribution in [3.05, 3.63) is 53.3 Å². The molecule has 0 aromatic heterocycles. The van der Waals surface area contributed by atoms with Gasteiger partial charge in [0.05, 0.1) is 11.7 Å². The number of β-lactam (4-membered cyclic amide) rings is 1. The molecule has 10 heteroatoms. The Morgan fingerprint density at radius 3 is 2.61 bits per heavy atom. The van der Waals surface area contributed by atoms with Crippen LogP contribution >= 0.6 is 11.8 Å². The Bertz CT molecular complexity index is 855. The van der Waals surface area contributed by atoms with Gasteiger partial charge in [-0.05, 0) is 30.2 Å². The number of carboxylic acid groups (broad SMARTS) is 1. The van der Waals surface area contributed by atoms with Crippen LogP contribution in [0.25, 0.3) is 0 Å². The molecule has 8 nitrogen and oxygen atoms in total. The summed E-state index contributed by atoms with van der Waals surface area (Å²) in [4.78, 5) is 37.5. The SMILES string of the molecule is C/C=C\C1=C(C(=O)[O-])N2C(=O)C(NC(=O)C(N)c3ccc(O)cc3)[C@@H]2SC1.[Na+]. The summed E-state index contributed by atoms with van der Waals surface area (Å²) in [5.41, 5.74) is 6.74. The minimum atomic E-state index is -1.42. The van der Waals surface area contributed by atoms with Gasteiger partial charge >= 0.3 is 29.6 Å². The molecule has 0 spiro atoms. The molecule has 2 unspecified atom stereocenters. The van der Waals surface area contributed by atoms with Gasteiger partial charge in [-0.1, -0.05) is 24.3 Å². The molecule has 4 N–H and O–H groups in total. The fourth-order valence-electron chi connectivity index (χ4n) is 3.04. The number of amides is 2. The molecule has 0 aliphatic carbocycles. The van der Waals surface area contributed by atoms with Crippen LogP contribution in [0.4, 0.5) is 0 Å². The maximum atomic E-state index is 12.5. The summed E-state index contributed by atoms with van der Waals surface area (Å²) in [5, 5.41) is 22.9. The number of carbonyl (C=O) groups excluding carboxylic acids is 3. The number of carbonyl (C=O) groups is 3. The van der Waals surface area contributed by atoms with Crippen LogP contribution in [0, 0.1) is 0 Å². The summed E-state index contributed by atoms with van der Waals surface area (Å²) >= 11 is 1.36. The van der Waals surface area contributed by atoms with Gasteiger partial charge in [0.25, 0.3) is 5.91 Å². The monoisotopic (exact) mass is 411 g/mol. The molecule has 2 heterocycles. The van der Waals surface area contributed by atoms with Gasteiger partial charge in [-0.3, -0.25) is 14.5 Å². The quantitative estimate of drug-likeness (QED) is 0.336. The standard InChI is InChI=1S/C18H19N3O5S.Na/c1-2-3-10-8-27-17-13(16(24)21(17)14(10)18(25)26)20-15(23)12(19)9-4-6-11(22)7-5-9;/h2-7,12-13,17,22H,8,19H2,1H3,(H,20,23)(H,25,26);/q;+1/p-1/b3-2-;/t12?,13?,17-;/m0./s1. The molecule has 0 radical (unpaired) electrons. The second-order valence-corrected chi connectivity index (χ2v) is 7.23. The summed E-state index contributed by atoms with van der Waals surface area (Å²) in [6, 6.07) is 3.99. The Balaban J connectivity index is 0.00000280. The number of phenolic OH excluding ortho intramolecular Hbond substituents is 1. The van der Waals surface area contributed by atoms with E-state index in [1.165, 1.54) is 36.0 Å². The molecule has 0 bridgehead atoms. The van der Waals surface area contributed by atoms with Gasteiger partial charge < -0.3 is 26.1 Å². The van der Waals surface area contributed by atoms with Gasteiger partial charge in [0.15, 0.2) is 0 Å². The summed E-state index contributed by atoms with van der Waals surface area (Å²) in [7, 11) is 0. The maximum Gasteiger partial charge on any atom is 1.00 e. The van der Waals surface area contributed by atoms with Crippen LogP contribution in [0.2, 0.25) is 0 Å². The number of nitrogens with two attached hydrogens (primary N) is 1. The number of benzene rings is 1. The molecule has 0 saturated carbocycles. The molecule has 28 heavy (non-hydrogen) atoms. The first-order chi connectivity index (χ1) is 12.8. The Kier molecular flexibility index (Phi) is 7.35. The minimum absolute atomic E-state index is 0. The molecule has 1 saturated heterocycles. The Morgan fingerprint density at radius 2 is 2.04 bits per heavy atom. The number of aromatic hydroxyl groups is 1. The number of aliphatic carboxylic acids is 1. The van der Waals surface area contributed by atoms with E-state index in [1.54, 1.807) is 19.1 Å². The van der Waals surface area contributed by atoms with Crippen LogP contribution in [0.1, 0.15) is 18.5 Å². The third kappa shape index (κ3) is 4.13. The number of nitrogens with zero attached hydrogens (tertiary/aromatic N) is 1. The molecule has 3 atom stereocenters. The summed E-state index contributed by atoms with van der Waals surface area (Å²) in [6.45, 7) is 1.75. The van der Waals surface area contributed by atoms with Crippen molar-refractivity contribution in [2.24, 2.45) is 5.73 Å². The zero-order chi connectivity index (χ0) is 19.7. The van der Waals surface area contributed by atoms with E-state index in [2.05, 4.69) is 5.32 Å². The number of phenols is 1. The largest absolute Gasteiger partial charge is 1.00 e. The zero-order valence-corrected chi connectivity index (χ0v) is 18.2. The zero-order valence-electron chi connectivity index (χ0n) is 15.4. The first kappa shape index (κ1) is 22.5. The van der Waals surface area contributed by atoms with E-state index in [0.717, 1.165) is 4.90 Å². The topological polar surface area (TPSA) is 136 Å². The first-order valence-corrected chi connectivity index (χ1v) is 9.26.